The summed E-state index contributed by atoms with van der Waals surface area (Å²) in [6.07, 6.45) is 0. The van der Waals surface area contributed by atoms with E-state index in [-0.39, 0.29) is 6.04 Å². The van der Waals surface area contributed by atoms with Crippen molar-refractivity contribution in [1.29, 1.82) is 0 Å². The van der Waals surface area contributed by atoms with E-state index in [4.69, 9.17) is 11.6 Å². The number of aryl methyl sites for hydroxylation is 1. The Morgan fingerprint density at radius 3 is 2.76 bits per heavy atom. The highest BCUT2D eigenvalue weighted by Crippen LogP contribution is 2.28. The predicted octanol–water partition coefficient (Wildman–Crippen LogP) is 4.41. The van der Waals surface area contributed by atoms with Gasteiger partial charge in [-0.25, -0.2) is 0 Å². The number of benzene rings is 1. The van der Waals surface area contributed by atoms with Crippen LogP contribution in [0.25, 0.3) is 0 Å². The average molecular weight is 266 g/mol. The fourth-order valence-corrected chi connectivity index (χ4v) is 2.85. The minimum Gasteiger partial charge on any atom is -0.306 e. The van der Waals surface area contributed by atoms with Crippen molar-refractivity contribution in [3.8, 4) is 0 Å². The third kappa shape index (κ3) is 2.89. The molecular formula is C14H16ClNS. The summed E-state index contributed by atoms with van der Waals surface area (Å²) in [6, 6.07) is 10.8. The Balaban J connectivity index is 2.35. The molecule has 0 aliphatic carbocycles. The molecule has 1 aromatic carbocycles. The van der Waals surface area contributed by atoms with Crippen LogP contribution >= 0.6 is 22.9 Å². The molecule has 0 aliphatic heterocycles. The molecule has 2 aromatic rings. The van der Waals surface area contributed by atoms with Gasteiger partial charge in [-0.05, 0) is 42.1 Å². The molecule has 17 heavy (non-hydrogen) atoms. The van der Waals surface area contributed by atoms with E-state index in [1.165, 1.54) is 10.4 Å². The van der Waals surface area contributed by atoms with Gasteiger partial charge in [0.2, 0.25) is 0 Å². The summed E-state index contributed by atoms with van der Waals surface area (Å²) in [4.78, 5) is 1.33. The van der Waals surface area contributed by atoms with Crippen molar-refractivity contribution in [3.05, 3.63) is 56.7 Å². The van der Waals surface area contributed by atoms with Gasteiger partial charge in [-0.3, -0.25) is 0 Å². The molecule has 1 nitrogen and oxygen atoms in total. The number of thiophene rings is 1. The molecule has 0 bridgehead atoms. The third-order valence-electron chi connectivity index (χ3n) is 2.77. The summed E-state index contributed by atoms with van der Waals surface area (Å²) in [5.41, 5.74) is 2.35. The lowest BCUT2D eigenvalue weighted by Gasteiger charge is -2.17. The van der Waals surface area contributed by atoms with E-state index in [9.17, 15) is 0 Å². The average Bonchev–Trinajstić information content (AvgIpc) is 2.83. The lowest BCUT2D eigenvalue weighted by atomic mass is 10.0. The van der Waals surface area contributed by atoms with E-state index in [2.05, 4.69) is 48.0 Å². The van der Waals surface area contributed by atoms with Crippen molar-refractivity contribution in [1.82, 2.24) is 5.32 Å². The SMILES string of the molecule is CCNC(c1ccc(C)c(Cl)c1)c1cccs1. The number of hydrogen-bond acceptors (Lipinski definition) is 2. The van der Waals surface area contributed by atoms with Crippen LogP contribution < -0.4 is 5.32 Å². The molecule has 1 aromatic heterocycles. The summed E-state index contributed by atoms with van der Waals surface area (Å²) in [5, 5.41) is 6.44. The van der Waals surface area contributed by atoms with Gasteiger partial charge >= 0.3 is 0 Å². The van der Waals surface area contributed by atoms with Crippen molar-refractivity contribution in [2.45, 2.75) is 19.9 Å². The van der Waals surface area contributed by atoms with Crippen LogP contribution in [0.2, 0.25) is 5.02 Å². The first-order valence-electron chi connectivity index (χ1n) is 5.75. The van der Waals surface area contributed by atoms with E-state index in [1.54, 1.807) is 11.3 Å². The van der Waals surface area contributed by atoms with Crippen LogP contribution in [-0.4, -0.2) is 6.54 Å². The zero-order chi connectivity index (χ0) is 12.3. The molecule has 1 heterocycles. The van der Waals surface area contributed by atoms with Gasteiger partial charge in [0.25, 0.3) is 0 Å². The Morgan fingerprint density at radius 1 is 1.35 bits per heavy atom. The van der Waals surface area contributed by atoms with Crippen LogP contribution in [0.5, 0.6) is 0 Å². The molecule has 1 atom stereocenters. The Bertz CT molecular complexity index is 479. The highest BCUT2D eigenvalue weighted by atomic mass is 35.5. The maximum atomic E-state index is 6.20. The molecule has 0 saturated heterocycles. The highest BCUT2D eigenvalue weighted by Gasteiger charge is 2.14. The molecule has 1 N–H and O–H groups in total. The van der Waals surface area contributed by atoms with Gasteiger partial charge in [0.15, 0.2) is 0 Å². The second-order valence-corrected chi connectivity index (χ2v) is 5.40. The van der Waals surface area contributed by atoms with Crippen molar-refractivity contribution in [3.63, 3.8) is 0 Å². The van der Waals surface area contributed by atoms with Gasteiger partial charge in [0, 0.05) is 9.90 Å². The van der Waals surface area contributed by atoms with E-state index >= 15 is 0 Å². The second-order valence-electron chi connectivity index (χ2n) is 4.01. The molecule has 0 saturated carbocycles. The zero-order valence-corrected chi connectivity index (χ0v) is 11.6. The second kappa shape index (κ2) is 5.67. The summed E-state index contributed by atoms with van der Waals surface area (Å²) in [5.74, 6) is 0. The maximum absolute atomic E-state index is 6.20. The van der Waals surface area contributed by atoms with Crippen molar-refractivity contribution < 1.29 is 0 Å². The first-order chi connectivity index (χ1) is 8.22. The first-order valence-corrected chi connectivity index (χ1v) is 7.01. The smallest absolute Gasteiger partial charge is 0.0671 e. The van der Waals surface area contributed by atoms with Crippen LogP contribution in [0.15, 0.2) is 35.7 Å². The quantitative estimate of drug-likeness (QED) is 0.864. The summed E-state index contributed by atoms with van der Waals surface area (Å²) >= 11 is 7.97. The van der Waals surface area contributed by atoms with Crippen LogP contribution in [-0.2, 0) is 0 Å². The molecule has 2 rings (SSSR count). The van der Waals surface area contributed by atoms with Gasteiger partial charge in [-0.2, -0.15) is 0 Å². The van der Waals surface area contributed by atoms with Crippen molar-refractivity contribution in [2.75, 3.05) is 6.54 Å². The molecule has 0 spiro atoms. The number of hydrogen-bond donors (Lipinski definition) is 1. The van der Waals surface area contributed by atoms with E-state index in [0.29, 0.717) is 0 Å². The molecule has 1 unspecified atom stereocenters. The highest BCUT2D eigenvalue weighted by molar-refractivity contribution is 7.10. The number of nitrogens with one attached hydrogen (secondary N) is 1. The molecule has 3 heteroatoms. The van der Waals surface area contributed by atoms with Gasteiger partial charge < -0.3 is 5.32 Å². The van der Waals surface area contributed by atoms with Crippen LogP contribution in [0, 0.1) is 6.92 Å². The number of rotatable bonds is 4. The largest absolute Gasteiger partial charge is 0.306 e. The molecule has 90 valence electrons. The lowest BCUT2D eigenvalue weighted by molar-refractivity contribution is 0.639. The minimum atomic E-state index is 0.248. The first kappa shape index (κ1) is 12.6. The normalized spacial score (nSPS) is 12.6. The Hall–Kier alpha value is -0.830. The van der Waals surface area contributed by atoms with E-state index in [1.807, 2.05) is 6.92 Å². The Labute approximate surface area is 111 Å². The van der Waals surface area contributed by atoms with Crippen molar-refractivity contribution >= 4 is 22.9 Å². The van der Waals surface area contributed by atoms with E-state index < -0.39 is 0 Å². The predicted molar refractivity (Wildman–Crippen MR) is 76.0 cm³/mol. The lowest BCUT2D eigenvalue weighted by Crippen LogP contribution is -2.21. The number of halogens is 1. The summed E-state index contributed by atoms with van der Waals surface area (Å²) in [6.45, 7) is 5.09. The minimum absolute atomic E-state index is 0.248. The Morgan fingerprint density at radius 2 is 2.18 bits per heavy atom. The van der Waals surface area contributed by atoms with Crippen LogP contribution in [0.1, 0.15) is 29.0 Å². The maximum Gasteiger partial charge on any atom is 0.0671 e. The molecule has 0 aliphatic rings. The topological polar surface area (TPSA) is 12.0 Å². The van der Waals surface area contributed by atoms with Crippen molar-refractivity contribution in [2.24, 2.45) is 0 Å². The van der Waals surface area contributed by atoms with E-state index in [0.717, 1.165) is 17.1 Å². The molecule has 0 amide bonds. The third-order valence-corrected chi connectivity index (χ3v) is 4.11. The molecule has 0 radical (unpaired) electrons. The van der Waals surface area contributed by atoms with Gasteiger partial charge in [0.1, 0.15) is 0 Å². The zero-order valence-electron chi connectivity index (χ0n) is 10.0. The molecular weight excluding hydrogens is 250 g/mol. The molecule has 0 fully saturated rings. The Kier molecular flexibility index (Phi) is 4.21. The van der Waals surface area contributed by atoms with Gasteiger partial charge in [-0.1, -0.05) is 36.7 Å². The fourth-order valence-electron chi connectivity index (χ4n) is 1.83. The summed E-state index contributed by atoms with van der Waals surface area (Å²) < 4.78 is 0. The monoisotopic (exact) mass is 265 g/mol. The van der Waals surface area contributed by atoms with Crippen LogP contribution in [0.4, 0.5) is 0 Å². The fraction of sp³-hybridized carbons (Fsp3) is 0.286. The van der Waals surface area contributed by atoms with Gasteiger partial charge in [0.05, 0.1) is 6.04 Å². The standard InChI is InChI=1S/C14H16ClNS/c1-3-16-14(13-5-4-8-17-13)11-7-6-10(2)12(15)9-11/h4-9,14,16H,3H2,1-2H3. The van der Waals surface area contributed by atoms with Gasteiger partial charge in [-0.15, -0.1) is 11.3 Å². The summed E-state index contributed by atoms with van der Waals surface area (Å²) in [7, 11) is 0. The van der Waals surface area contributed by atoms with Crippen LogP contribution in [0.3, 0.4) is 0 Å².